The molecule has 0 aromatic heterocycles. The molecule has 0 saturated heterocycles. The molecule has 3 aliphatic rings. The summed E-state index contributed by atoms with van der Waals surface area (Å²) in [7, 11) is 0. The summed E-state index contributed by atoms with van der Waals surface area (Å²) >= 11 is 3.89. The lowest BCUT2D eigenvalue weighted by atomic mass is 9.88. The van der Waals surface area contributed by atoms with Crippen molar-refractivity contribution in [2.75, 3.05) is 0 Å². The van der Waals surface area contributed by atoms with Crippen LogP contribution in [0.1, 0.15) is 59.1 Å². The zero-order chi connectivity index (χ0) is 19.5. The molecule has 0 spiro atoms. The normalized spacial score (nSPS) is 16.8. The van der Waals surface area contributed by atoms with E-state index in [-0.39, 0.29) is 0 Å². The van der Waals surface area contributed by atoms with Crippen LogP contribution in [0.2, 0.25) is 0 Å². The third-order valence-corrected chi connectivity index (χ3v) is 7.95. The van der Waals surface area contributed by atoms with E-state index >= 15 is 0 Å². The molecule has 6 rings (SSSR count). The van der Waals surface area contributed by atoms with E-state index in [0.29, 0.717) is 5.92 Å². The number of hydrogen-bond donors (Lipinski definition) is 0. The van der Waals surface area contributed by atoms with Gasteiger partial charge in [-0.3, -0.25) is 0 Å². The molecule has 0 N–H and O–H groups in total. The molecule has 0 amide bonds. The predicted molar refractivity (Wildman–Crippen MR) is 122 cm³/mol. The van der Waals surface area contributed by atoms with Crippen LogP contribution in [-0.2, 0) is 24.4 Å². The molecule has 2 heteroatoms. The van der Waals surface area contributed by atoms with Crippen molar-refractivity contribution in [2.24, 2.45) is 0 Å². The zero-order valence-electron chi connectivity index (χ0n) is 16.6. The van der Waals surface area contributed by atoms with E-state index in [0.717, 1.165) is 32.5 Å². The molecule has 0 atom stereocenters. The van der Waals surface area contributed by atoms with Crippen molar-refractivity contribution >= 4 is 21.5 Å². The smallest absolute Gasteiger partial charge is 0.0736 e. The minimum absolute atomic E-state index is 0.493. The molecule has 0 radical (unpaired) electrons. The Hall–Kier alpha value is -2.16. The first-order valence-electron chi connectivity index (χ1n) is 10.5. The second-order valence-corrected chi connectivity index (χ2v) is 9.34. The number of fused-ring (bicyclic) bond motifs is 5. The Morgan fingerprint density at radius 1 is 0.897 bits per heavy atom. The largest absolute Gasteiger partial charge is 0.372 e. The SMILES string of the molecule is CC1=C(CCC2c3ccccc3-c3ccccc32)c2cc3c(c(Br)c2C1)COC3. The molecule has 0 saturated carbocycles. The van der Waals surface area contributed by atoms with Gasteiger partial charge in [-0.1, -0.05) is 70.0 Å². The Morgan fingerprint density at radius 2 is 1.59 bits per heavy atom. The van der Waals surface area contributed by atoms with Crippen LogP contribution in [0.3, 0.4) is 0 Å². The van der Waals surface area contributed by atoms with Crippen LogP contribution in [0.25, 0.3) is 16.7 Å². The molecule has 2 aliphatic carbocycles. The van der Waals surface area contributed by atoms with Crippen molar-refractivity contribution in [3.8, 4) is 11.1 Å². The molecular weight excluding hydrogens is 420 g/mol. The highest BCUT2D eigenvalue weighted by atomic mass is 79.9. The second-order valence-electron chi connectivity index (χ2n) is 8.55. The third kappa shape index (κ3) is 2.62. The van der Waals surface area contributed by atoms with Crippen molar-refractivity contribution < 1.29 is 4.74 Å². The quantitative estimate of drug-likeness (QED) is 0.410. The minimum Gasteiger partial charge on any atom is -0.372 e. The summed E-state index contributed by atoms with van der Waals surface area (Å²) in [4.78, 5) is 0. The first kappa shape index (κ1) is 17.7. The predicted octanol–water partition coefficient (Wildman–Crippen LogP) is 7.40. The maximum absolute atomic E-state index is 5.71. The van der Waals surface area contributed by atoms with Gasteiger partial charge in [0.25, 0.3) is 0 Å². The number of ether oxygens (including phenoxy) is 1. The van der Waals surface area contributed by atoms with Gasteiger partial charge in [-0.25, -0.2) is 0 Å². The average molecular weight is 443 g/mol. The Labute approximate surface area is 180 Å². The van der Waals surface area contributed by atoms with Crippen LogP contribution in [0.4, 0.5) is 0 Å². The standard InChI is InChI=1S/C27H23BrO/c1-16-12-25-24(13-17-14-29-15-26(17)27(25)28)18(16)10-11-23-21-8-4-2-6-19(21)20-7-3-5-9-22(20)23/h2-9,13,23H,10-12,14-15H2,1H3. The van der Waals surface area contributed by atoms with Crippen LogP contribution >= 0.6 is 15.9 Å². The summed E-state index contributed by atoms with van der Waals surface area (Å²) in [5.74, 6) is 0.493. The highest BCUT2D eigenvalue weighted by Crippen LogP contribution is 2.49. The molecule has 29 heavy (non-hydrogen) atoms. The molecule has 1 aliphatic heterocycles. The minimum atomic E-state index is 0.493. The Bertz CT molecular complexity index is 1140. The molecule has 0 unspecified atom stereocenters. The lowest BCUT2D eigenvalue weighted by Crippen LogP contribution is -1.99. The molecule has 3 aromatic carbocycles. The van der Waals surface area contributed by atoms with Gasteiger partial charge in [0.1, 0.15) is 0 Å². The first-order chi connectivity index (χ1) is 14.2. The fourth-order valence-corrected chi connectivity index (χ4v) is 6.31. The van der Waals surface area contributed by atoms with Gasteiger partial charge >= 0.3 is 0 Å². The fourth-order valence-electron chi connectivity index (χ4n) is 5.59. The molecule has 0 fully saturated rings. The van der Waals surface area contributed by atoms with Crippen molar-refractivity contribution in [3.05, 3.63) is 98.0 Å². The van der Waals surface area contributed by atoms with E-state index in [1.54, 1.807) is 5.57 Å². The van der Waals surface area contributed by atoms with Gasteiger partial charge in [-0.15, -0.1) is 0 Å². The number of rotatable bonds is 3. The van der Waals surface area contributed by atoms with Crippen LogP contribution in [0.15, 0.2) is 64.6 Å². The van der Waals surface area contributed by atoms with Crippen molar-refractivity contribution in [1.82, 2.24) is 0 Å². The zero-order valence-corrected chi connectivity index (χ0v) is 18.2. The van der Waals surface area contributed by atoms with Gasteiger partial charge in [0.05, 0.1) is 13.2 Å². The average Bonchev–Trinajstić information content (AvgIpc) is 3.42. The summed E-state index contributed by atoms with van der Waals surface area (Å²) in [6.07, 6.45) is 3.35. The summed E-state index contributed by atoms with van der Waals surface area (Å²) in [5.41, 5.74) is 14.6. The van der Waals surface area contributed by atoms with Crippen LogP contribution in [0, 0.1) is 0 Å². The van der Waals surface area contributed by atoms with E-state index in [1.165, 1.54) is 54.6 Å². The highest BCUT2D eigenvalue weighted by molar-refractivity contribution is 9.10. The number of allylic oxidation sites excluding steroid dienone is 2. The van der Waals surface area contributed by atoms with E-state index in [4.69, 9.17) is 4.74 Å². The summed E-state index contributed by atoms with van der Waals surface area (Å²) < 4.78 is 7.00. The highest BCUT2D eigenvalue weighted by Gasteiger charge is 2.30. The van der Waals surface area contributed by atoms with Crippen molar-refractivity contribution in [1.29, 1.82) is 0 Å². The summed E-state index contributed by atoms with van der Waals surface area (Å²) in [6, 6.07) is 20.3. The Kier molecular flexibility index (Phi) is 4.07. The maximum atomic E-state index is 5.71. The van der Waals surface area contributed by atoms with Gasteiger partial charge in [0, 0.05) is 10.4 Å². The first-order valence-corrected chi connectivity index (χ1v) is 11.3. The van der Waals surface area contributed by atoms with Gasteiger partial charge in [-0.05, 0) is 82.3 Å². The molecule has 1 heterocycles. The molecule has 0 bridgehead atoms. The number of hydrogen-bond acceptors (Lipinski definition) is 1. The lowest BCUT2D eigenvalue weighted by molar-refractivity contribution is 0.134. The van der Waals surface area contributed by atoms with Crippen LogP contribution < -0.4 is 0 Å². The lowest BCUT2D eigenvalue weighted by Gasteiger charge is -2.16. The van der Waals surface area contributed by atoms with E-state index < -0.39 is 0 Å². The van der Waals surface area contributed by atoms with E-state index in [9.17, 15) is 0 Å². The number of halogens is 1. The monoisotopic (exact) mass is 442 g/mol. The molecule has 3 aromatic rings. The van der Waals surface area contributed by atoms with Crippen LogP contribution in [-0.4, -0.2) is 0 Å². The van der Waals surface area contributed by atoms with Crippen molar-refractivity contribution in [3.63, 3.8) is 0 Å². The van der Waals surface area contributed by atoms with Gasteiger partial charge < -0.3 is 4.74 Å². The van der Waals surface area contributed by atoms with E-state index in [1.807, 2.05) is 0 Å². The Balaban J connectivity index is 1.35. The Morgan fingerprint density at radius 3 is 2.31 bits per heavy atom. The fraction of sp³-hybridized carbons (Fsp3) is 0.259. The van der Waals surface area contributed by atoms with Crippen molar-refractivity contribution in [2.45, 2.75) is 45.3 Å². The van der Waals surface area contributed by atoms with Gasteiger partial charge in [0.2, 0.25) is 0 Å². The third-order valence-electron chi connectivity index (χ3n) is 6.99. The maximum Gasteiger partial charge on any atom is 0.0736 e. The topological polar surface area (TPSA) is 9.23 Å². The second kappa shape index (κ2) is 6.68. The molecule has 144 valence electrons. The molecule has 1 nitrogen and oxygen atoms in total. The van der Waals surface area contributed by atoms with Crippen LogP contribution in [0.5, 0.6) is 0 Å². The molecular formula is C27H23BrO. The van der Waals surface area contributed by atoms with Gasteiger partial charge in [-0.2, -0.15) is 0 Å². The summed E-state index contributed by atoms with van der Waals surface area (Å²) in [6.45, 7) is 3.81. The number of benzene rings is 3. The van der Waals surface area contributed by atoms with E-state index in [2.05, 4.69) is 77.5 Å². The van der Waals surface area contributed by atoms with Gasteiger partial charge in [0.15, 0.2) is 0 Å². The summed E-state index contributed by atoms with van der Waals surface area (Å²) in [5, 5.41) is 0.